The normalized spacial score (nSPS) is 17.2. The number of ether oxygens (including phenoxy) is 1. The fraction of sp³-hybridized carbons (Fsp3) is 0.560. The highest BCUT2D eigenvalue weighted by atomic mass is 32.1. The molecule has 0 atom stereocenters. The van der Waals surface area contributed by atoms with Gasteiger partial charge in [0, 0.05) is 56.6 Å². The van der Waals surface area contributed by atoms with Crippen LogP contribution in [0.5, 0.6) is 0 Å². The van der Waals surface area contributed by atoms with E-state index in [-0.39, 0.29) is 30.2 Å². The first-order valence-electron chi connectivity index (χ1n) is 13.0. The van der Waals surface area contributed by atoms with Crippen molar-refractivity contribution in [2.45, 2.75) is 39.5 Å². The molecular formula is C25H32N8O4S. The van der Waals surface area contributed by atoms with Gasteiger partial charge in [0.25, 0.3) is 11.8 Å². The van der Waals surface area contributed by atoms with Crippen molar-refractivity contribution in [2.75, 3.05) is 52.4 Å². The Balaban J connectivity index is 1.15. The zero-order valence-corrected chi connectivity index (χ0v) is 22.7. The number of piperazine rings is 1. The van der Waals surface area contributed by atoms with Gasteiger partial charge < -0.3 is 14.5 Å². The van der Waals surface area contributed by atoms with E-state index < -0.39 is 0 Å². The van der Waals surface area contributed by atoms with Crippen LogP contribution in [-0.2, 0) is 9.53 Å². The van der Waals surface area contributed by atoms with Crippen LogP contribution in [0.4, 0.5) is 0 Å². The van der Waals surface area contributed by atoms with Crippen LogP contribution in [0.3, 0.4) is 0 Å². The second kappa shape index (κ2) is 11.1. The van der Waals surface area contributed by atoms with Crippen LogP contribution < -0.4 is 0 Å². The maximum absolute atomic E-state index is 13.2. The number of aromatic nitrogens is 5. The summed E-state index contributed by atoms with van der Waals surface area (Å²) in [5.74, 6) is -0.244. The third-order valence-electron chi connectivity index (χ3n) is 7.12. The number of hydrogen-bond donors (Lipinski definition) is 0. The average Bonchev–Trinajstić information content (AvgIpc) is 3.56. The minimum atomic E-state index is -0.235. The second-order valence-corrected chi connectivity index (χ2v) is 10.6. The third-order valence-corrected chi connectivity index (χ3v) is 8.13. The number of carbonyl (C=O) groups excluding carboxylic acids is 3. The number of carbonyl (C=O) groups is 3. The summed E-state index contributed by atoms with van der Waals surface area (Å²) in [4.78, 5) is 48.2. The standard InChI is InChI=1S/C25H32N8O4S/c1-4-37-21(34)14-30-9-11-32(12-10-30)24(35)19-15-38-23(26-19)18-5-7-31(8-6-18)25(36)22-17(3)33-20(27-28-22)13-16(2)29-33/h13,15,18H,4-12,14H2,1-3H3. The molecule has 0 N–H and O–H groups in total. The molecule has 0 radical (unpaired) electrons. The average molecular weight is 541 g/mol. The maximum atomic E-state index is 13.2. The number of hydrogen-bond acceptors (Lipinski definition) is 10. The van der Waals surface area contributed by atoms with Gasteiger partial charge in [-0.1, -0.05) is 0 Å². The Hall–Kier alpha value is -3.45. The predicted molar refractivity (Wildman–Crippen MR) is 139 cm³/mol. The number of piperidine rings is 1. The Bertz CT molecular complexity index is 1340. The summed E-state index contributed by atoms with van der Waals surface area (Å²) in [5, 5.41) is 15.5. The summed E-state index contributed by atoms with van der Waals surface area (Å²) < 4.78 is 6.67. The van der Waals surface area contributed by atoms with Crippen molar-refractivity contribution in [1.82, 2.24) is 39.5 Å². The van der Waals surface area contributed by atoms with Crippen molar-refractivity contribution >= 4 is 34.8 Å². The van der Waals surface area contributed by atoms with E-state index in [1.807, 2.05) is 35.1 Å². The lowest BCUT2D eigenvalue weighted by Crippen LogP contribution is -2.50. The molecule has 38 heavy (non-hydrogen) atoms. The van der Waals surface area contributed by atoms with Crippen LogP contribution >= 0.6 is 11.3 Å². The Labute approximate surface area is 224 Å². The van der Waals surface area contributed by atoms with Crippen molar-refractivity contribution < 1.29 is 19.1 Å². The molecule has 0 saturated carbocycles. The highest BCUT2D eigenvalue weighted by Gasteiger charge is 2.30. The van der Waals surface area contributed by atoms with E-state index in [1.165, 1.54) is 11.3 Å². The quantitative estimate of drug-likeness (QED) is 0.428. The summed E-state index contributed by atoms with van der Waals surface area (Å²) in [6.07, 6.45) is 1.55. The number of rotatable bonds is 6. The van der Waals surface area contributed by atoms with Crippen molar-refractivity contribution in [1.29, 1.82) is 0 Å². The Morgan fingerprint density at radius 2 is 1.71 bits per heavy atom. The number of thiazole rings is 1. The van der Waals surface area contributed by atoms with E-state index in [2.05, 4.69) is 20.3 Å². The molecule has 12 nitrogen and oxygen atoms in total. The molecule has 13 heteroatoms. The molecule has 2 aliphatic rings. The smallest absolute Gasteiger partial charge is 0.320 e. The molecule has 0 unspecified atom stereocenters. The molecule has 2 saturated heterocycles. The predicted octanol–water partition coefficient (Wildman–Crippen LogP) is 1.54. The van der Waals surface area contributed by atoms with Crippen LogP contribution in [0, 0.1) is 13.8 Å². The van der Waals surface area contributed by atoms with Crippen molar-refractivity contribution in [3.8, 4) is 0 Å². The Morgan fingerprint density at radius 3 is 2.42 bits per heavy atom. The third kappa shape index (κ3) is 5.39. The molecule has 5 heterocycles. The van der Waals surface area contributed by atoms with Gasteiger partial charge in [0.15, 0.2) is 11.3 Å². The summed E-state index contributed by atoms with van der Waals surface area (Å²) in [6, 6.07) is 1.83. The first kappa shape index (κ1) is 26.2. The number of nitrogens with zero attached hydrogens (tertiary/aromatic N) is 8. The molecule has 0 aromatic carbocycles. The van der Waals surface area contributed by atoms with E-state index >= 15 is 0 Å². The molecule has 202 valence electrons. The lowest BCUT2D eigenvalue weighted by atomic mass is 9.97. The maximum Gasteiger partial charge on any atom is 0.320 e. The summed E-state index contributed by atoms with van der Waals surface area (Å²) in [6.45, 7) is 9.68. The van der Waals surface area contributed by atoms with Crippen LogP contribution in [-0.4, -0.2) is 110 Å². The zero-order chi connectivity index (χ0) is 26.8. The SMILES string of the molecule is CCOC(=O)CN1CCN(C(=O)c2csc(C3CCN(C(=O)c4nnc5cc(C)nn5c4C)CC3)n2)CC1. The molecule has 2 aliphatic heterocycles. The van der Waals surface area contributed by atoms with E-state index in [9.17, 15) is 14.4 Å². The van der Waals surface area contributed by atoms with Gasteiger partial charge in [-0.3, -0.25) is 19.3 Å². The molecule has 3 aromatic heterocycles. The van der Waals surface area contributed by atoms with Gasteiger partial charge in [0.05, 0.1) is 29.5 Å². The van der Waals surface area contributed by atoms with E-state index in [1.54, 1.807) is 16.3 Å². The van der Waals surface area contributed by atoms with Crippen molar-refractivity contribution in [3.63, 3.8) is 0 Å². The number of esters is 1. The van der Waals surface area contributed by atoms with Gasteiger partial charge in [-0.2, -0.15) is 5.10 Å². The fourth-order valence-electron chi connectivity index (χ4n) is 4.99. The van der Waals surface area contributed by atoms with Gasteiger partial charge >= 0.3 is 5.97 Å². The Kier molecular flexibility index (Phi) is 7.65. The topological polar surface area (TPSA) is 126 Å². The molecule has 2 fully saturated rings. The van der Waals surface area contributed by atoms with E-state index in [4.69, 9.17) is 4.74 Å². The van der Waals surface area contributed by atoms with Crippen LogP contribution in [0.2, 0.25) is 0 Å². The minimum Gasteiger partial charge on any atom is -0.465 e. The minimum absolute atomic E-state index is 0.0748. The van der Waals surface area contributed by atoms with Crippen LogP contribution in [0.1, 0.15) is 63.1 Å². The molecule has 0 bridgehead atoms. The van der Waals surface area contributed by atoms with Gasteiger partial charge in [0.1, 0.15) is 5.69 Å². The van der Waals surface area contributed by atoms with Gasteiger partial charge in [-0.15, -0.1) is 21.5 Å². The summed E-state index contributed by atoms with van der Waals surface area (Å²) in [5.41, 5.74) is 2.92. The number of likely N-dealkylation sites (tertiary alicyclic amines) is 1. The summed E-state index contributed by atoms with van der Waals surface area (Å²) >= 11 is 1.51. The zero-order valence-electron chi connectivity index (χ0n) is 21.9. The van der Waals surface area contributed by atoms with Gasteiger partial charge in [0.2, 0.25) is 0 Å². The second-order valence-electron chi connectivity index (χ2n) is 9.70. The molecule has 5 rings (SSSR count). The molecule has 3 aromatic rings. The van der Waals surface area contributed by atoms with Crippen LogP contribution in [0.25, 0.3) is 5.65 Å². The molecule has 2 amide bonds. The Morgan fingerprint density at radius 1 is 1.00 bits per heavy atom. The van der Waals surface area contributed by atoms with Crippen molar-refractivity contribution in [2.24, 2.45) is 0 Å². The lowest BCUT2D eigenvalue weighted by Gasteiger charge is -2.33. The largest absolute Gasteiger partial charge is 0.465 e. The fourth-order valence-corrected chi connectivity index (χ4v) is 5.95. The summed E-state index contributed by atoms with van der Waals surface area (Å²) in [7, 11) is 0. The molecule has 0 spiro atoms. The van der Waals surface area contributed by atoms with E-state index in [0.717, 1.165) is 23.5 Å². The van der Waals surface area contributed by atoms with Gasteiger partial charge in [-0.25, -0.2) is 9.50 Å². The number of amides is 2. The number of fused-ring (bicyclic) bond motifs is 1. The monoisotopic (exact) mass is 540 g/mol. The van der Waals surface area contributed by atoms with E-state index in [0.29, 0.717) is 68.6 Å². The molecule has 0 aliphatic carbocycles. The first-order chi connectivity index (χ1) is 18.3. The highest BCUT2D eigenvalue weighted by molar-refractivity contribution is 7.09. The lowest BCUT2D eigenvalue weighted by molar-refractivity contribution is -0.144. The highest BCUT2D eigenvalue weighted by Crippen LogP contribution is 2.31. The molecular weight excluding hydrogens is 508 g/mol. The number of aryl methyl sites for hydroxylation is 2. The van der Waals surface area contributed by atoms with Crippen LogP contribution in [0.15, 0.2) is 11.4 Å². The van der Waals surface area contributed by atoms with Crippen molar-refractivity contribution in [3.05, 3.63) is 39.2 Å². The van der Waals surface area contributed by atoms with Gasteiger partial charge in [-0.05, 0) is 33.6 Å². The first-order valence-corrected chi connectivity index (χ1v) is 13.8.